The monoisotopic (exact) mass is 250 g/mol. The maximum absolute atomic E-state index is 11.4. The molecule has 2 N–H and O–H groups in total. The van der Waals surface area contributed by atoms with Crippen molar-refractivity contribution in [1.29, 1.82) is 5.26 Å². The molecule has 0 saturated heterocycles. The maximum Gasteiger partial charge on any atom is 0.321 e. The minimum Gasteiger partial charge on any atom is -0.480 e. The van der Waals surface area contributed by atoms with Crippen LogP contribution in [-0.2, 0) is 19.6 Å². The van der Waals surface area contributed by atoms with Crippen LogP contribution < -0.4 is 4.72 Å². The second-order valence-corrected chi connectivity index (χ2v) is 5.14. The minimum atomic E-state index is -3.93. The van der Waals surface area contributed by atoms with E-state index in [2.05, 4.69) is 4.74 Å². The molecular formula is C8H14N2O5S. The number of aliphatic carboxylic acids is 1. The van der Waals surface area contributed by atoms with Crippen molar-refractivity contribution in [1.82, 2.24) is 4.72 Å². The number of hydrogen-bond acceptors (Lipinski definition) is 5. The van der Waals surface area contributed by atoms with Crippen molar-refractivity contribution in [2.24, 2.45) is 0 Å². The van der Waals surface area contributed by atoms with Crippen molar-refractivity contribution >= 4 is 16.0 Å². The number of nitriles is 1. The standard InChI is InChI=1S/C8H14N2O5S/c1-6(5-9)16(13,14)10-7(8(11)12)3-4-15-2/h6-7,10H,3-4H2,1-2H3,(H,11,12). The molecular weight excluding hydrogens is 236 g/mol. The highest BCUT2D eigenvalue weighted by atomic mass is 32.2. The number of sulfonamides is 1. The summed E-state index contributed by atoms with van der Waals surface area (Å²) in [5.41, 5.74) is 0. The minimum absolute atomic E-state index is 0.00319. The Morgan fingerprint density at radius 2 is 2.19 bits per heavy atom. The van der Waals surface area contributed by atoms with Gasteiger partial charge >= 0.3 is 5.97 Å². The number of nitrogens with one attached hydrogen (secondary N) is 1. The third-order valence-electron chi connectivity index (χ3n) is 1.86. The third kappa shape index (κ3) is 4.57. The third-order valence-corrected chi connectivity index (χ3v) is 3.51. The molecule has 0 aromatic carbocycles. The quantitative estimate of drug-likeness (QED) is 0.617. The van der Waals surface area contributed by atoms with E-state index in [1.165, 1.54) is 20.1 Å². The highest BCUT2D eigenvalue weighted by Crippen LogP contribution is 2.01. The van der Waals surface area contributed by atoms with Gasteiger partial charge in [0.2, 0.25) is 10.0 Å². The number of carboxylic acids is 1. The fraction of sp³-hybridized carbons (Fsp3) is 0.750. The van der Waals surface area contributed by atoms with E-state index in [1.54, 1.807) is 0 Å². The zero-order chi connectivity index (χ0) is 12.8. The first-order chi connectivity index (χ1) is 7.35. The topological polar surface area (TPSA) is 116 Å². The first-order valence-electron chi connectivity index (χ1n) is 4.47. The lowest BCUT2D eigenvalue weighted by Gasteiger charge is -2.15. The summed E-state index contributed by atoms with van der Waals surface area (Å²) < 4.78 is 29.4. The first-order valence-corrected chi connectivity index (χ1v) is 6.02. The number of nitrogens with zero attached hydrogens (tertiary/aromatic N) is 1. The summed E-state index contributed by atoms with van der Waals surface area (Å²) in [6.45, 7) is 1.29. The van der Waals surface area contributed by atoms with Gasteiger partial charge in [0.25, 0.3) is 0 Å². The average Bonchev–Trinajstić information content (AvgIpc) is 2.22. The van der Waals surface area contributed by atoms with Crippen molar-refractivity contribution in [2.45, 2.75) is 24.6 Å². The van der Waals surface area contributed by atoms with Gasteiger partial charge in [-0.1, -0.05) is 0 Å². The summed E-state index contributed by atoms with van der Waals surface area (Å²) in [6, 6.07) is 0.254. The molecule has 2 unspecified atom stereocenters. The van der Waals surface area contributed by atoms with Gasteiger partial charge in [-0.05, 0) is 13.3 Å². The van der Waals surface area contributed by atoms with Crippen molar-refractivity contribution in [3.63, 3.8) is 0 Å². The molecule has 0 aliphatic heterocycles. The molecule has 0 heterocycles. The van der Waals surface area contributed by atoms with E-state index in [0.29, 0.717) is 0 Å². The Kier molecular flexibility index (Phi) is 5.95. The molecule has 0 radical (unpaired) electrons. The average molecular weight is 250 g/mol. The SMILES string of the molecule is COCCC(NS(=O)(=O)C(C)C#N)C(=O)O. The van der Waals surface area contributed by atoms with Gasteiger partial charge in [0.05, 0.1) is 6.07 Å². The molecule has 0 rings (SSSR count). The molecule has 7 nitrogen and oxygen atoms in total. The fourth-order valence-corrected chi connectivity index (χ4v) is 1.80. The molecule has 92 valence electrons. The predicted molar refractivity (Wildman–Crippen MR) is 55.0 cm³/mol. The highest BCUT2D eigenvalue weighted by Gasteiger charge is 2.27. The Balaban J connectivity index is 4.64. The van der Waals surface area contributed by atoms with Gasteiger partial charge in [0, 0.05) is 13.7 Å². The van der Waals surface area contributed by atoms with Gasteiger partial charge in [-0.3, -0.25) is 4.79 Å². The number of hydrogen-bond donors (Lipinski definition) is 2. The smallest absolute Gasteiger partial charge is 0.321 e. The van der Waals surface area contributed by atoms with Gasteiger partial charge in [-0.2, -0.15) is 9.98 Å². The molecule has 8 heteroatoms. The number of ether oxygens (including phenoxy) is 1. The molecule has 0 aromatic heterocycles. The van der Waals surface area contributed by atoms with Gasteiger partial charge in [-0.15, -0.1) is 0 Å². The molecule has 16 heavy (non-hydrogen) atoms. The summed E-state index contributed by atoms with van der Waals surface area (Å²) in [5, 5.41) is 15.9. The maximum atomic E-state index is 11.4. The summed E-state index contributed by atoms with van der Waals surface area (Å²) >= 11 is 0. The lowest BCUT2D eigenvalue weighted by atomic mass is 10.2. The van der Waals surface area contributed by atoms with Gasteiger partial charge in [0.1, 0.15) is 6.04 Å². The summed E-state index contributed by atoms with van der Waals surface area (Å²) in [5.74, 6) is -1.30. The first kappa shape index (κ1) is 14.8. The lowest BCUT2D eigenvalue weighted by molar-refractivity contribution is -0.139. The van der Waals surface area contributed by atoms with Crippen LogP contribution in [0.25, 0.3) is 0 Å². The number of carboxylic acid groups (broad SMARTS) is 1. The van der Waals surface area contributed by atoms with E-state index in [9.17, 15) is 13.2 Å². The summed E-state index contributed by atoms with van der Waals surface area (Å²) in [6.07, 6.45) is 0.00319. The van der Waals surface area contributed by atoms with E-state index in [4.69, 9.17) is 10.4 Å². The molecule has 0 amide bonds. The van der Waals surface area contributed by atoms with Crippen molar-refractivity contribution in [3.05, 3.63) is 0 Å². The zero-order valence-electron chi connectivity index (χ0n) is 9.00. The van der Waals surface area contributed by atoms with Crippen molar-refractivity contribution < 1.29 is 23.1 Å². The van der Waals surface area contributed by atoms with E-state index >= 15 is 0 Å². The fourth-order valence-electron chi connectivity index (χ4n) is 0.838. The molecule has 0 fully saturated rings. The summed E-state index contributed by atoms with van der Waals surface area (Å²) in [4.78, 5) is 10.7. The molecule has 0 aliphatic carbocycles. The van der Waals surface area contributed by atoms with Crippen LogP contribution >= 0.6 is 0 Å². The van der Waals surface area contributed by atoms with E-state index in [0.717, 1.165) is 0 Å². The molecule has 0 spiro atoms. The van der Waals surface area contributed by atoms with Gasteiger partial charge in [0.15, 0.2) is 5.25 Å². The Morgan fingerprint density at radius 3 is 2.56 bits per heavy atom. The predicted octanol–water partition coefficient (Wildman–Crippen LogP) is -0.692. The molecule has 0 saturated carbocycles. The second kappa shape index (κ2) is 6.42. The van der Waals surface area contributed by atoms with Crippen LogP contribution in [0.1, 0.15) is 13.3 Å². The van der Waals surface area contributed by atoms with Crippen LogP contribution in [0.4, 0.5) is 0 Å². The second-order valence-electron chi connectivity index (χ2n) is 3.11. The molecule has 0 bridgehead atoms. The van der Waals surface area contributed by atoms with Crippen LogP contribution in [0.15, 0.2) is 0 Å². The number of carbonyl (C=O) groups is 1. The van der Waals surface area contributed by atoms with E-state index in [1.807, 2.05) is 4.72 Å². The Morgan fingerprint density at radius 1 is 1.62 bits per heavy atom. The van der Waals surface area contributed by atoms with Crippen molar-refractivity contribution in [3.8, 4) is 6.07 Å². The Bertz CT molecular complexity index is 372. The van der Waals surface area contributed by atoms with Crippen LogP contribution in [0.2, 0.25) is 0 Å². The van der Waals surface area contributed by atoms with Crippen LogP contribution in [-0.4, -0.2) is 44.5 Å². The highest BCUT2D eigenvalue weighted by molar-refractivity contribution is 7.90. The van der Waals surface area contributed by atoms with Gasteiger partial charge < -0.3 is 9.84 Å². The van der Waals surface area contributed by atoms with E-state index in [-0.39, 0.29) is 13.0 Å². The summed E-state index contributed by atoms with van der Waals surface area (Å²) in [7, 11) is -2.55. The largest absolute Gasteiger partial charge is 0.480 e. The number of methoxy groups -OCH3 is 1. The van der Waals surface area contributed by atoms with Crippen molar-refractivity contribution in [2.75, 3.05) is 13.7 Å². The van der Waals surface area contributed by atoms with Crippen LogP contribution in [0.5, 0.6) is 0 Å². The van der Waals surface area contributed by atoms with Crippen LogP contribution in [0.3, 0.4) is 0 Å². The molecule has 0 aromatic rings. The molecule has 2 atom stereocenters. The van der Waals surface area contributed by atoms with Gasteiger partial charge in [-0.25, -0.2) is 8.42 Å². The Labute approximate surface area is 94.1 Å². The lowest BCUT2D eigenvalue weighted by Crippen LogP contribution is -2.44. The number of rotatable bonds is 7. The Hall–Kier alpha value is -1.17. The van der Waals surface area contributed by atoms with Crippen LogP contribution in [0, 0.1) is 11.3 Å². The van der Waals surface area contributed by atoms with E-state index < -0.39 is 27.3 Å². The zero-order valence-corrected chi connectivity index (χ0v) is 9.82. The normalized spacial score (nSPS) is 15.1. The molecule has 0 aliphatic rings.